The Bertz CT molecular complexity index is 703. The van der Waals surface area contributed by atoms with E-state index in [0.717, 1.165) is 11.6 Å². The maximum Gasteiger partial charge on any atom is 0.262 e. The minimum atomic E-state index is -1.25. The number of carbonyl (C=O) groups excluding carboxylic acids is 2. The molecule has 23 heavy (non-hydrogen) atoms. The van der Waals surface area contributed by atoms with Crippen molar-refractivity contribution < 1.29 is 19.4 Å². The minimum absolute atomic E-state index is 0.109. The maximum atomic E-state index is 11.8. The van der Waals surface area contributed by atoms with Gasteiger partial charge in [-0.15, -0.1) is 0 Å². The van der Waals surface area contributed by atoms with Gasteiger partial charge in [-0.3, -0.25) is 4.79 Å². The SMILES string of the molecule is Cc1ccc(NC(=O)COc2ccc(/C=C/C(=O)[O-])cc2)cc1. The van der Waals surface area contributed by atoms with Crippen LogP contribution in [0.4, 0.5) is 5.69 Å². The average molecular weight is 310 g/mol. The van der Waals surface area contributed by atoms with Crippen molar-refractivity contribution in [2.45, 2.75) is 6.92 Å². The molecule has 118 valence electrons. The van der Waals surface area contributed by atoms with E-state index in [1.54, 1.807) is 24.3 Å². The maximum absolute atomic E-state index is 11.8. The molecule has 0 aliphatic heterocycles. The third kappa shape index (κ3) is 5.67. The van der Waals surface area contributed by atoms with Crippen LogP contribution in [0.25, 0.3) is 6.08 Å². The van der Waals surface area contributed by atoms with Crippen molar-refractivity contribution in [1.29, 1.82) is 0 Å². The van der Waals surface area contributed by atoms with Crippen molar-refractivity contribution >= 4 is 23.6 Å². The van der Waals surface area contributed by atoms with Gasteiger partial charge >= 0.3 is 0 Å². The van der Waals surface area contributed by atoms with Crippen LogP contribution < -0.4 is 15.2 Å². The van der Waals surface area contributed by atoms with Gasteiger partial charge in [0.25, 0.3) is 5.91 Å². The lowest BCUT2D eigenvalue weighted by molar-refractivity contribution is -0.297. The molecule has 0 saturated heterocycles. The van der Waals surface area contributed by atoms with Gasteiger partial charge in [-0.25, -0.2) is 0 Å². The molecule has 0 heterocycles. The molecule has 0 aliphatic carbocycles. The van der Waals surface area contributed by atoms with Crippen molar-refractivity contribution in [3.05, 3.63) is 65.7 Å². The van der Waals surface area contributed by atoms with Gasteiger partial charge in [0.05, 0.1) is 5.97 Å². The third-order valence-corrected chi connectivity index (χ3v) is 3.00. The second-order valence-corrected chi connectivity index (χ2v) is 4.92. The van der Waals surface area contributed by atoms with Crippen LogP contribution in [0.1, 0.15) is 11.1 Å². The number of carboxylic acid groups (broad SMARTS) is 1. The van der Waals surface area contributed by atoms with E-state index in [1.165, 1.54) is 6.08 Å². The molecule has 2 aromatic carbocycles. The Hall–Kier alpha value is -3.08. The molecule has 0 saturated carbocycles. The molecule has 0 unspecified atom stereocenters. The number of hydrogen-bond acceptors (Lipinski definition) is 4. The second kappa shape index (κ2) is 7.79. The van der Waals surface area contributed by atoms with Crippen molar-refractivity contribution in [1.82, 2.24) is 0 Å². The number of hydrogen-bond donors (Lipinski definition) is 1. The van der Waals surface area contributed by atoms with E-state index in [2.05, 4.69) is 5.32 Å². The molecule has 0 fully saturated rings. The zero-order valence-corrected chi connectivity index (χ0v) is 12.6. The summed E-state index contributed by atoms with van der Waals surface area (Å²) in [5, 5.41) is 13.1. The lowest BCUT2D eigenvalue weighted by atomic mass is 10.2. The molecule has 0 aliphatic rings. The number of benzene rings is 2. The number of rotatable bonds is 6. The zero-order chi connectivity index (χ0) is 16.7. The molecule has 0 radical (unpaired) electrons. The molecule has 1 amide bonds. The van der Waals surface area contributed by atoms with Crippen LogP contribution in [0.15, 0.2) is 54.6 Å². The van der Waals surface area contributed by atoms with E-state index in [0.29, 0.717) is 17.0 Å². The first-order valence-corrected chi connectivity index (χ1v) is 7.01. The third-order valence-electron chi connectivity index (χ3n) is 3.00. The fourth-order valence-electron chi connectivity index (χ4n) is 1.82. The van der Waals surface area contributed by atoms with Gasteiger partial charge in [0, 0.05) is 5.69 Å². The predicted molar refractivity (Wildman–Crippen MR) is 85.8 cm³/mol. The minimum Gasteiger partial charge on any atom is -0.545 e. The van der Waals surface area contributed by atoms with Crippen LogP contribution in [0, 0.1) is 6.92 Å². The molecule has 5 nitrogen and oxygen atoms in total. The first-order chi connectivity index (χ1) is 11.0. The summed E-state index contributed by atoms with van der Waals surface area (Å²) < 4.78 is 5.38. The van der Waals surface area contributed by atoms with Crippen LogP contribution >= 0.6 is 0 Å². The van der Waals surface area contributed by atoms with Gasteiger partial charge in [0.1, 0.15) is 5.75 Å². The molecule has 0 bridgehead atoms. The van der Waals surface area contributed by atoms with Gasteiger partial charge in [-0.05, 0) is 42.8 Å². The highest BCUT2D eigenvalue weighted by molar-refractivity contribution is 5.91. The van der Waals surface area contributed by atoms with E-state index in [9.17, 15) is 14.7 Å². The summed E-state index contributed by atoms with van der Waals surface area (Å²) in [6.45, 7) is 1.86. The number of aliphatic carboxylic acids is 1. The summed E-state index contributed by atoms with van der Waals surface area (Å²) in [6.07, 6.45) is 2.37. The molecule has 2 rings (SSSR count). The van der Waals surface area contributed by atoms with Crippen molar-refractivity contribution in [2.75, 3.05) is 11.9 Å². The van der Waals surface area contributed by atoms with Crippen LogP contribution in [-0.2, 0) is 9.59 Å². The van der Waals surface area contributed by atoms with Gasteiger partial charge in [-0.1, -0.05) is 35.9 Å². The van der Waals surface area contributed by atoms with Crippen molar-refractivity contribution in [3.8, 4) is 5.75 Å². The number of anilines is 1. The smallest absolute Gasteiger partial charge is 0.262 e. The summed E-state index contributed by atoms with van der Waals surface area (Å²) in [6, 6.07) is 14.2. The Morgan fingerprint density at radius 3 is 2.35 bits per heavy atom. The Balaban J connectivity index is 1.84. The van der Waals surface area contributed by atoms with E-state index in [4.69, 9.17) is 4.74 Å². The molecule has 0 atom stereocenters. The van der Waals surface area contributed by atoms with E-state index in [1.807, 2.05) is 31.2 Å². The molecular formula is C18H16NO4-. The summed E-state index contributed by atoms with van der Waals surface area (Å²) in [7, 11) is 0. The number of aryl methyl sites for hydroxylation is 1. The first kappa shape index (κ1) is 16.3. The monoisotopic (exact) mass is 310 g/mol. The van der Waals surface area contributed by atoms with Crippen LogP contribution in [-0.4, -0.2) is 18.5 Å². The van der Waals surface area contributed by atoms with Crippen LogP contribution in [0.2, 0.25) is 0 Å². The van der Waals surface area contributed by atoms with Gasteiger partial charge < -0.3 is 20.0 Å². The number of nitrogens with one attached hydrogen (secondary N) is 1. The van der Waals surface area contributed by atoms with E-state index >= 15 is 0 Å². The predicted octanol–water partition coefficient (Wildman–Crippen LogP) is 1.78. The summed E-state index contributed by atoms with van der Waals surface area (Å²) in [4.78, 5) is 22.1. The van der Waals surface area contributed by atoms with Gasteiger partial charge in [0.2, 0.25) is 0 Å². The number of carbonyl (C=O) groups is 2. The quantitative estimate of drug-likeness (QED) is 0.825. The normalized spacial score (nSPS) is 10.5. The Morgan fingerprint density at radius 1 is 1.09 bits per heavy atom. The molecule has 5 heteroatoms. The Kier molecular flexibility index (Phi) is 5.52. The molecule has 0 spiro atoms. The summed E-state index contributed by atoms with van der Waals surface area (Å²) in [5.41, 5.74) is 2.53. The highest BCUT2D eigenvalue weighted by atomic mass is 16.5. The second-order valence-electron chi connectivity index (χ2n) is 4.92. The fourth-order valence-corrected chi connectivity index (χ4v) is 1.82. The first-order valence-electron chi connectivity index (χ1n) is 7.01. The highest BCUT2D eigenvalue weighted by Crippen LogP contribution is 2.13. The molecule has 1 N–H and O–H groups in total. The topological polar surface area (TPSA) is 78.5 Å². The Labute approximate surface area is 134 Å². The molecular weight excluding hydrogens is 294 g/mol. The standard InChI is InChI=1S/C18H17NO4/c1-13-2-7-15(8-3-13)19-17(20)12-23-16-9-4-14(5-10-16)6-11-18(21)22/h2-11H,12H2,1H3,(H,19,20)(H,21,22)/p-1/b11-6+. The Morgan fingerprint density at radius 2 is 1.74 bits per heavy atom. The average Bonchev–Trinajstić information content (AvgIpc) is 2.54. The van der Waals surface area contributed by atoms with Gasteiger partial charge in [0.15, 0.2) is 6.61 Å². The van der Waals surface area contributed by atoms with E-state index in [-0.39, 0.29) is 12.5 Å². The zero-order valence-electron chi connectivity index (χ0n) is 12.6. The van der Waals surface area contributed by atoms with Crippen LogP contribution in [0.3, 0.4) is 0 Å². The largest absolute Gasteiger partial charge is 0.545 e. The number of ether oxygens (including phenoxy) is 1. The number of amides is 1. The molecule has 0 aromatic heterocycles. The molecule has 2 aromatic rings. The lowest BCUT2D eigenvalue weighted by Gasteiger charge is -2.08. The lowest BCUT2D eigenvalue weighted by Crippen LogP contribution is -2.20. The highest BCUT2D eigenvalue weighted by Gasteiger charge is 2.03. The summed E-state index contributed by atoms with van der Waals surface area (Å²) >= 11 is 0. The van der Waals surface area contributed by atoms with Crippen molar-refractivity contribution in [3.63, 3.8) is 0 Å². The fraction of sp³-hybridized carbons (Fsp3) is 0.111. The van der Waals surface area contributed by atoms with Gasteiger partial charge in [-0.2, -0.15) is 0 Å². The van der Waals surface area contributed by atoms with E-state index < -0.39 is 5.97 Å². The summed E-state index contributed by atoms with van der Waals surface area (Å²) in [5.74, 6) is -0.984. The number of carboxylic acids is 1. The van der Waals surface area contributed by atoms with Crippen LogP contribution in [0.5, 0.6) is 5.75 Å². The van der Waals surface area contributed by atoms with Crippen molar-refractivity contribution in [2.24, 2.45) is 0 Å².